The Balaban J connectivity index is 1.95. The predicted octanol–water partition coefficient (Wildman–Crippen LogP) is 3.72. The largest absolute Gasteiger partial charge is 0.365 e. The second kappa shape index (κ2) is 6.70. The number of thiophene rings is 1. The van der Waals surface area contributed by atoms with E-state index < -0.39 is 15.9 Å². The maximum atomic E-state index is 12.4. The third-order valence-electron chi connectivity index (χ3n) is 3.58. The molecule has 5 nitrogen and oxygen atoms in total. The van der Waals surface area contributed by atoms with Crippen LogP contribution in [-0.2, 0) is 10.0 Å². The molecule has 0 bridgehead atoms. The molecular weight excluding hydrogens is 356 g/mol. The lowest BCUT2D eigenvalue weighted by atomic mass is 10.2. The number of aryl methyl sites for hydroxylation is 1. The van der Waals surface area contributed by atoms with Crippen molar-refractivity contribution in [1.82, 2.24) is 0 Å². The zero-order valence-corrected chi connectivity index (χ0v) is 15.0. The average Bonchev–Trinajstić information content (AvgIpc) is 2.93. The van der Waals surface area contributed by atoms with E-state index in [-0.39, 0.29) is 10.6 Å². The maximum Gasteiger partial charge on any atom is 0.260 e. The smallest absolute Gasteiger partial charge is 0.260 e. The number of benzene rings is 2. The van der Waals surface area contributed by atoms with Gasteiger partial charge in [0.1, 0.15) is 4.88 Å². The van der Waals surface area contributed by atoms with Gasteiger partial charge in [-0.15, -0.1) is 11.3 Å². The summed E-state index contributed by atoms with van der Waals surface area (Å²) >= 11 is 1.16. The van der Waals surface area contributed by atoms with Crippen molar-refractivity contribution in [1.29, 1.82) is 0 Å². The summed E-state index contributed by atoms with van der Waals surface area (Å²) < 4.78 is 28.1. The van der Waals surface area contributed by atoms with E-state index in [9.17, 15) is 13.2 Å². The van der Waals surface area contributed by atoms with Gasteiger partial charge in [0.15, 0.2) is 0 Å². The first-order valence-corrected chi connectivity index (χ1v) is 9.81. The lowest BCUT2D eigenvalue weighted by molar-refractivity contribution is 0.100. The van der Waals surface area contributed by atoms with E-state index >= 15 is 0 Å². The molecule has 1 amide bonds. The van der Waals surface area contributed by atoms with Crippen molar-refractivity contribution >= 4 is 49.1 Å². The van der Waals surface area contributed by atoms with Crippen LogP contribution in [0.5, 0.6) is 0 Å². The molecule has 1 aromatic heterocycles. The first kappa shape index (κ1) is 17.2. The molecule has 128 valence electrons. The van der Waals surface area contributed by atoms with Crippen LogP contribution in [0.1, 0.15) is 20.8 Å². The zero-order valence-electron chi connectivity index (χ0n) is 13.4. The fourth-order valence-electron chi connectivity index (χ4n) is 2.34. The Kier molecular flexibility index (Phi) is 4.61. The normalized spacial score (nSPS) is 11.9. The molecule has 25 heavy (non-hydrogen) atoms. The van der Waals surface area contributed by atoms with Crippen molar-refractivity contribution < 1.29 is 13.2 Å². The number of carbonyl (C=O) groups is 1. The van der Waals surface area contributed by atoms with Crippen LogP contribution in [0.25, 0.3) is 16.2 Å². The minimum absolute atomic E-state index is 0.188. The number of nitrogens with one attached hydrogen (secondary N) is 1. The van der Waals surface area contributed by atoms with E-state index in [4.69, 9.17) is 5.73 Å². The standard InChI is InChI=1S/C18H16N2O3S2/c1-12-6-8-13(9-7-12)10-11-25(22,23)20-16-14-4-2-3-5-15(14)24-17(16)18(19)21/h2-11,20H,1H3,(H2,19,21)/b11-10+. The van der Waals surface area contributed by atoms with Gasteiger partial charge in [0.25, 0.3) is 15.9 Å². The van der Waals surface area contributed by atoms with E-state index in [2.05, 4.69) is 4.72 Å². The molecule has 0 aliphatic heterocycles. The monoisotopic (exact) mass is 372 g/mol. The summed E-state index contributed by atoms with van der Waals surface area (Å²) in [4.78, 5) is 11.9. The predicted molar refractivity (Wildman–Crippen MR) is 103 cm³/mol. The van der Waals surface area contributed by atoms with Gasteiger partial charge in [-0.05, 0) is 24.6 Å². The Morgan fingerprint density at radius 1 is 1.12 bits per heavy atom. The van der Waals surface area contributed by atoms with Crippen LogP contribution in [0.15, 0.2) is 53.9 Å². The topological polar surface area (TPSA) is 89.3 Å². The van der Waals surface area contributed by atoms with Crippen LogP contribution in [0.3, 0.4) is 0 Å². The van der Waals surface area contributed by atoms with E-state index in [1.807, 2.05) is 43.3 Å². The second-order valence-corrected chi connectivity index (χ2v) is 8.15. The molecular formula is C18H16N2O3S2. The van der Waals surface area contributed by atoms with Crippen LogP contribution >= 0.6 is 11.3 Å². The molecule has 0 aliphatic carbocycles. The average molecular weight is 372 g/mol. The highest BCUT2D eigenvalue weighted by Gasteiger charge is 2.19. The second-order valence-electron chi connectivity index (χ2n) is 5.53. The first-order valence-electron chi connectivity index (χ1n) is 7.44. The Labute approximate surface area is 149 Å². The van der Waals surface area contributed by atoms with Gasteiger partial charge in [-0.3, -0.25) is 9.52 Å². The van der Waals surface area contributed by atoms with Gasteiger partial charge in [-0.2, -0.15) is 0 Å². The molecule has 3 aromatic rings. The Bertz CT molecular complexity index is 1070. The number of nitrogens with two attached hydrogens (primary N) is 1. The van der Waals surface area contributed by atoms with E-state index in [0.717, 1.165) is 32.6 Å². The number of rotatable bonds is 5. The lowest BCUT2D eigenvalue weighted by Gasteiger charge is -2.05. The molecule has 2 aromatic carbocycles. The molecule has 0 radical (unpaired) electrons. The first-order chi connectivity index (χ1) is 11.9. The molecule has 7 heteroatoms. The number of primary amides is 1. The molecule has 0 fully saturated rings. The van der Waals surface area contributed by atoms with Crippen LogP contribution in [0.4, 0.5) is 5.69 Å². The molecule has 0 saturated carbocycles. The molecule has 3 N–H and O–H groups in total. The molecule has 1 heterocycles. The van der Waals surface area contributed by atoms with Crippen molar-refractivity contribution in [2.45, 2.75) is 6.92 Å². The van der Waals surface area contributed by atoms with Gasteiger partial charge >= 0.3 is 0 Å². The molecule has 0 unspecified atom stereocenters. The fourth-order valence-corrected chi connectivity index (χ4v) is 4.32. The number of amides is 1. The van der Waals surface area contributed by atoms with E-state index in [1.54, 1.807) is 12.1 Å². The van der Waals surface area contributed by atoms with Crippen molar-refractivity contribution in [2.75, 3.05) is 4.72 Å². The summed E-state index contributed by atoms with van der Waals surface area (Å²) in [5, 5.41) is 1.73. The lowest BCUT2D eigenvalue weighted by Crippen LogP contribution is -2.15. The molecule has 0 saturated heterocycles. The summed E-state index contributed by atoms with van der Waals surface area (Å²) in [6.07, 6.45) is 1.50. The summed E-state index contributed by atoms with van der Waals surface area (Å²) in [6.45, 7) is 1.96. The number of anilines is 1. The van der Waals surface area contributed by atoms with Gasteiger partial charge in [0.2, 0.25) is 0 Å². The van der Waals surface area contributed by atoms with Crippen molar-refractivity contribution in [3.8, 4) is 0 Å². The fraction of sp³-hybridized carbons (Fsp3) is 0.0556. The Morgan fingerprint density at radius 3 is 2.48 bits per heavy atom. The third-order valence-corrected chi connectivity index (χ3v) is 5.75. The summed E-state index contributed by atoms with van der Waals surface area (Å²) in [6, 6.07) is 14.6. The van der Waals surface area contributed by atoms with E-state index in [1.165, 1.54) is 6.08 Å². The van der Waals surface area contributed by atoms with Crippen LogP contribution in [0.2, 0.25) is 0 Å². The number of hydrogen-bond donors (Lipinski definition) is 2. The van der Waals surface area contributed by atoms with Crippen LogP contribution < -0.4 is 10.5 Å². The highest BCUT2D eigenvalue weighted by Crippen LogP contribution is 2.36. The third kappa shape index (κ3) is 3.89. The quantitative estimate of drug-likeness (QED) is 0.715. The summed E-state index contributed by atoms with van der Waals surface area (Å²) in [5.74, 6) is -0.665. The van der Waals surface area contributed by atoms with Crippen molar-refractivity contribution in [3.63, 3.8) is 0 Å². The summed E-state index contributed by atoms with van der Waals surface area (Å²) in [5.41, 5.74) is 7.48. The molecule has 0 atom stereocenters. The van der Waals surface area contributed by atoms with Gasteiger partial charge in [0.05, 0.1) is 11.1 Å². The molecule has 0 aliphatic rings. The Morgan fingerprint density at radius 2 is 1.80 bits per heavy atom. The highest BCUT2D eigenvalue weighted by molar-refractivity contribution is 7.95. The number of hydrogen-bond acceptors (Lipinski definition) is 4. The highest BCUT2D eigenvalue weighted by atomic mass is 32.2. The SMILES string of the molecule is Cc1ccc(/C=C/S(=O)(=O)Nc2c(C(N)=O)sc3ccccc23)cc1. The maximum absolute atomic E-state index is 12.4. The van der Waals surface area contributed by atoms with Gasteiger partial charge < -0.3 is 5.73 Å². The van der Waals surface area contributed by atoms with Gasteiger partial charge in [-0.25, -0.2) is 8.42 Å². The molecule has 0 spiro atoms. The zero-order chi connectivity index (χ0) is 18.0. The summed E-state index contributed by atoms with van der Waals surface area (Å²) in [7, 11) is -3.79. The van der Waals surface area contributed by atoms with Crippen LogP contribution in [0, 0.1) is 6.92 Å². The Hall–Kier alpha value is -2.64. The number of sulfonamides is 1. The van der Waals surface area contributed by atoms with Gasteiger partial charge in [-0.1, -0.05) is 48.0 Å². The minimum Gasteiger partial charge on any atom is -0.365 e. The minimum atomic E-state index is -3.79. The number of fused-ring (bicyclic) bond motifs is 1. The number of carbonyl (C=O) groups excluding carboxylic acids is 1. The van der Waals surface area contributed by atoms with E-state index in [0.29, 0.717) is 5.39 Å². The van der Waals surface area contributed by atoms with Crippen LogP contribution in [-0.4, -0.2) is 14.3 Å². The molecule has 3 rings (SSSR count). The van der Waals surface area contributed by atoms with Crippen molar-refractivity contribution in [3.05, 3.63) is 69.9 Å². The van der Waals surface area contributed by atoms with Gasteiger partial charge in [0, 0.05) is 10.1 Å². The van der Waals surface area contributed by atoms with Crippen molar-refractivity contribution in [2.24, 2.45) is 5.73 Å².